The molecule has 0 atom stereocenters. The molecule has 1 aromatic carbocycles. The lowest BCUT2D eigenvalue weighted by atomic mass is 10.1. The summed E-state index contributed by atoms with van der Waals surface area (Å²) in [4.78, 5) is 13.0. The van der Waals surface area contributed by atoms with Crippen molar-refractivity contribution in [3.8, 4) is 5.75 Å². The number of nitrogens with zero attached hydrogens (tertiary/aromatic N) is 1. The molecular formula is C15H23NO3. The Labute approximate surface area is 115 Å². The summed E-state index contributed by atoms with van der Waals surface area (Å²) < 4.78 is 5.32. The Bertz CT molecular complexity index is 393. The molecule has 0 saturated heterocycles. The number of benzene rings is 1. The van der Waals surface area contributed by atoms with Crippen LogP contribution in [-0.4, -0.2) is 43.1 Å². The molecule has 1 aromatic rings. The van der Waals surface area contributed by atoms with E-state index in [-0.39, 0.29) is 6.61 Å². The van der Waals surface area contributed by atoms with Crippen molar-refractivity contribution in [1.29, 1.82) is 0 Å². The molecule has 0 unspecified atom stereocenters. The summed E-state index contributed by atoms with van der Waals surface area (Å²) in [6, 6.07) is 5.41. The van der Waals surface area contributed by atoms with Crippen LogP contribution in [0.15, 0.2) is 18.2 Å². The van der Waals surface area contributed by atoms with Crippen molar-refractivity contribution in [1.82, 2.24) is 4.90 Å². The number of carbonyl (C=O) groups excluding carboxylic acids is 1. The first-order valence-electron chi connectivity index (χ1n) is 6.70. The second kappa shape index (κ2) is 8.67. The van der Waals surface area contributed by atoms with Crippen LogP contribution >= 0.6 is 0 Å². The van der Waals surface area contributed by atoms with Gasteiger partial charge in [0.1, 0.15) is 12.0 Å². The average Bonchev–Trinajstić information content (AvgIpc) is 2.44. The molecule has 0 aliphatic heterocycles. The Morgan fingerprint density at radius 3 is 2.74 bits per heavy atom. The number of aldehydes is 1. The monoisotopic (exact) mass is 265 g/mol. The topological polar surface area (TPSA) is 49.8 Å². The van der Waals surface area contributed by atoms with Gasteiger partial charge in [0, 0.05) is 24.2 Å². The van der Waals surface area contributed by atoms with Crippen molar-refractivity contribution in [3.05, 3.63) is 29.3 Å². The van der Waals surface area contributed by atoms with Crippen LogP contribution in [0.2, 0.25) is 0 Å². The number of rotatable bonds is 9. The predicted octanol–water partition coefficient (Wildman–Crippen LogP) is 2.10. The number of carbonyl (C=O) groups is 1. The molecule has 1 rings (SSSR count). The average molecular weight is 265 g/mol. The highest BCUT2D eigenvalue weighted by Crippen LogP contribution is 2.21. The Hall–Kier alpha value is -1.39. The van der Waals surface area contributed by atoms with Gasteiger partial charge in [0.25, 0.3) is 0 Å². The van der Waals surface area contributed by atoms with Gasteiger partial charge in [-0.3, -0.25) is 9.69 Å². The molecule has 0 amide bonds. The summed E-state index contributed by atoms with van der Waals surface area (Å²) in [6.45, 7) is 4.54. The quantitative estimate of drug-likeness (QED) is 0.695. The van der Waals surface area contributed by atoms with Crippen LogP contribution in [0.1, 0.15) is 35.7 Å². The van der Waals surface area contributed by atoms with Crippen LogP contribution < -0.4 is 4.74 Å². The van der Waals surface area contributed by atoms with E-state index >= 15 is 0 Å². The number of hydrogen-bond donors (Lipinski definition) is 1. The highest BCUT2D eigenvalue weighted by Gasteiger charge is 2.10. The number of methoxy groups -OCH3 is 1. The Morgan fingerprint density at radius 1 is 1.37 bits per heavy atom. The van der Waals surface area contributed by atoms with Gasteiger partial charge in [0.2, 0.25) is 0 Å². The summed E-state index contributed by atoms with van der Waals surface area (Å²) in [6.07, 6.45) is 3.05. The predicted molar refractivity (Wildman–Crippen MR) is 75.7 cm³/mol. The number of hydrogen-bond acceptors (Lipinski definition) is 4. The fourth-order valence-corrected chi connectivity index (χ4v) is 2.03. The normalized spacial score (nSPS) is 10.7. The van der Waals surface area contributed by atoms with E-state index in [1.807, 2.05) is 12.1 Å². The van der Waals surface area contributed by atoms with E-state index in [1.54, 1.807) is 13.2 Å². The maximum absolute atomic E-state index is 10.8. The molecule has 0 spiro atoms. The summed E-state index contributed by atoms with van der Waals surface area (Å²) in [5.41, 5.74) is 1.63. The summed E-state index contributed by atoms with van der Waals surface area (Å²) in [7, 11) is 1.63. The molecule has 0 aliphatic rings. The summed E-state index contributed by atoms with van der Waals surface area (Å²) in [5, 5.41) is 9.11. The van der Waals surface area contributed by atoms with Crippen LogP contribution in [0, 0.1) is 0 Å². The first-order chi connectivity index (χ1) is 9.24. The molecule has 0 radical (unpaired) electrons. The molecule has 1 N–H and O–H groups in total. The second-order valence-corrected chi connectivity index (χ2v) is 4.54. The lowest BCUT2D eigenvalue weighted by molar-refractivity contribution is 0.112. The van der Waals surface area contributed by atoms with Crippen LogP contribution in [-0.2, 0) is 6.54 Å². The highest BCUT2D eigenvalue weighted by atomic mass is 16.5. The zero-order chi connectivity index (χ0) is 14.1. The molecule has 0 bridgehead atoms. The van der Waals surface area contributed by atoms with Crippen molar-refractivity contribution < 1.29 is 14.6 Å². The number of aliphatic hydroxyl groups is 1. The zero-order valence-electron chi connectivity index (χ0n) is 11.8. The van der Waals surface area contributed by atoms with Gasteiger partial charge in [-0.15, -0.1) is 0 Å². The van der Waals surface area contributed by atoms with Gasteiger partial charge < -0.3 is 9.84 Å². The molecule has 0 fully saturated rings. The van der Waals surface area contributed by atoms with Gasteiger partial charge in [-0.05, 0) is 31.2 Å². The molecule has 0 aromatic heterocycles. The third-order valence-corrected chi connectivity index (χ3v) is 3.08. The zero-order valence-corrected chi connectivity index (χ0v) is 11.8. The van der Waals surface area contributed by atoms with Crippen LogP contribution in [0.25, 0.3) is 0 Å². The minimum atomic E-state index is 0.138. The van der Waals surface area contributed by atoms with E-state index in [4.69, 9.17) is 9.84 Å². The van der Waals surface area contributed by atoms with Crippen molar-refractivity contribution in [2.75, 3.05) is 26.8 Å². The maximum atomic E-state index is 10.8. The molecule has 19 heavy (non-hydrogen) atoms. The van der Waals surface area contributed by atoms with Gasteiger partial charge in [-0.25, -0.2) is 0 Å². The molecule has 0 heterocycles. The van der Waals surface area contributed by atoms with Gasteiger partial charge in [0.15, 0.2) is 0 Å². The van der Waals surface area contributed by atoms with Crippen molar-refractivity contribution in [3.63, 3.8) is 0 Å². The van der Waals surface area contributed by atoms with Gasteiger partial charge in [-0.2, -0.15) is 0 Å². The van der Waals surface area contributed by atoms with Crippen molar-refractivity contribution in [2.24, 2.45) is 0 Å². The van der Waals surface area contributed by atoms with Crippen LogP contribution in [0.5, 0.6) is 5.75 Å². The van der Waals surface area contributed by atoms with E-state index in [9.17, 15) is 4.79 Å². The smallest absolute Gasteiger partial charge is 0.150 e. The molecule has 4 nitrogen and oxygen atoms in total. The summed E-state index contributed by atoms with van der Waals surface area (Å²) in [5.74, 6) is 0.782. The Morgan fingerprint density at radius 2 is 2.16 bits per heavy atom. The van der Waals surface area contributed by atoms with E-state index in [0.29, 0.717) is 18.7 Å². The third-order valence-electron chi connectivity index (χ3n) is 3.08. The van der Waals surface area contributed by atoms with Crippen LogP contribution in [0.3, 0.4) is 0 Å². The molecule has 106 valence electrons. The molecule has 0 aliphatic carbocycles. The van der Waals surface area contributed by atoms with Gasteiger partial charge in [-0.1, -0.05) is 13.3 Å². The minimum absolute atomic E-state index is 0.138. The number of ether oxygens (including phenoxy) is 1. The summed E-state index contributed by atoms with van der Waals surface area (Å²) >= 11 is 0. The maximum Gasteiger partial charge on any atom is 0.150 e. The fourth-order valence-electron chi connectivity index (χ4n) is 2.03. The van der Waals surface area contributed by atoms with Gasteiger partial charge >= 0.3 is 0 Å². The number of aliphatic hydroxyl groups excluding tert-OH is 1. The first kappa shape index (κ1) is 15.7. The number of unbranched alkanes of at least 4 members (excludes halogenated alkanes) is 1. The Balaban J connectivity index is 2.83. The molecule has 4 heteroatoms. The van der Waals surface area contributed by atoms with E-state index in [2.05, 4.69) is 11.8 Å². The molecular weight excluding hydrogens is 242 g/mol. The standard InChI is InChI=1S/C15H23NO3/c1-3-4-7-16(8-9-17)11-14-10-13(12-18)5-6-15(14)19-2/h5-6,10,12,17H,3-4,7-9,11H2,1-2H3. The molecule has 0 saturated carbocycles. The van der Waals surface area contributed by atoms with Crippen molar-refractivity contribution >= 4 is 6.29 Å². The first-order valence-corrected chi connectivity index (χ1v) is 6.70. The largest absolute Gasteiger partial charge is 0.496 e. The van der Waals surface area contributed by atoms with E-state index < -0.39 is 0 Å². The van der Waals surface area contributed by atoms with E-state index in [1.165, 1.54) is 0 Å². The lowest BCUT2D eigenvalue weighted by Crippen LogP contribution is -2.27. The van der Waals surface area contributed by atoms with E-state index in [0.717, 1.165) is 37.0 Å². The SMILES string of the molecule is CCCCN(CCO)Cc1cc(C=O)ccc1OC. The Kier molecular flexibility index (Phi) is 7.15. The third kappa shape index (κ3) is 5.01. The van der Waals surface area contributed by atoms with Crippen molar-refractivity contribution in [2.45, 2.75) is 26.3 Å². The minimum Gasteiger partial charge on any atom is -0.496 e. The fraction of sp³-hybridized carbons (Fsp3) is 0.533. The van der Waals surface area contributed by atoms with Crippen LogP contribution in [0.4, 0.5) is 0 Å². The highest BCUT2D eigenvalue weighted by molar-refractivity contribution is 5.75. The lowest BCUT2D eigenvalue weighted by Gasteiger charge is -2.22. The second-order valence-electron chi connectivity index (χ2n) is 4.54. The van der Waals surface area contributed by atoms with Gasteiger partial charge in [0.05, 0.1) is 13.7 Å².